The van der Waals surface area contributed by atoms with Crippen LogP contribution >= 0.6 is 0 Å². The lowest BCUT2D eigenvalue weighted by molar-refractivity contribution is -0.0236. The molecule has 2 aromatic carbocycles. The number of benzene rings is 2. The third kappa shape index (κ3) is 2.65. The monoisotopic (exact) mass is 373 g/mol. The lowest BCUT2D eigenvalue weighted by Gasteiger charge is -2.38. The number of hydrazone groups is 1. The SMILES string of the molecule is COc1cccc2c1O[C@H](c1ccccn1)N1N=C(c3cccc(O)c3)C[C@@H]21. The predicted molar refractivity (Wildman–Crippen MR) is 104 cm³/mol. The minimum Gasteiger partial charge on any atom is -0.508 e. The van der Waals surface area contributed by atoms with Crippen LogP contribution in [0, 0.1) is 0 Å². The van der Waals surface area contributed by atoms with Gasteiger partial charge in [0.25, 0.3) is 0 Å². The number of aromatic hydroxyl groups is 1. The molecule has 1 N–H and O–H groups in total. The molecule has 140 valence electrons. The molecule has 2 aliphatic rings. The maximum atomic E-state index is 9.87. The van der Waals surface area contributed by atoms with Crippen molar-refractivity contribution in [2.45, 2.75) is 18.7 Å². The fraction of sp³-hybridized carbons (Fsp3) is 0.182. The molecule has 0 saturated carbocycles. The standard InChI is InChI=1S/C22H19N3O3/c1-27-20-10-5-8-16-19-13-18(14-6-4-7-15(26)12-14)24-25(19)22(28-21(16)20)17-9-2-3-11-23-17/h2-12,19,22,26H,13H2,1H3/t19-,22+/m0/s1. The largest absolute Gasteiger partial charge is 0.508 e. The Balaban J connectivity index is 1.63. The first-order chi connectivity index (χ1) is 13.7. The smallest absolute Gasteiger partial charge is 0.230 e. The number of hydrogen-bond acceptors (Lipinski definition) is 6. The summed E-state index contributed by atoms with van der Waals surface area (Å²) < 4.78 is 11.9. The van der Waals surface area contributed by atoms with Crippen LogP contribution in [0.25, 0.3) is 0 Å². The van der Waals surface area contributed by atoms with E-state index >= 15 is 0 Å². The van der Waals surface area contributed by atoms with E-state index in [2.05, 4.69) is 4.98 Å². The molecule has 5 rings (SSSR count). The van der Waals surface area contributed by atoms with Crippen molar-refractivity contribution in [3.05, 3.63) is 83.7 Å². The number of phenols is 1. The van der Waals surface area contributed by atoms with Crippen molar-refractivity contribution in [3.63, 3.8) is 0 Å². The highest BCUT2D eigenvalue weighted by molar-refractivity contribution is 6.02. The maximum absolute atomic E-state index is 9.87. The van der Waals surface area contributed by atoms with Crippen molar-refractivity contribution < 1.29 is 14.6 Å². The number of methoxy groups -OCH3 is 1. The van der Waals surface area contributed by atoms with Crippen LogP contribution in [0.15, 0.2) is 72.0 Å². The molecule has 0 amide bonds. The van der Waals surface area contributed by atoms with E-state index < -0.39 is 6.23 Å². The van der Waals surface area contributed by atoms with Crippen LogP contribution in [0.2, 0.25) is 0 Å². The highest BCUT2D eigenvalue weighted by atomic mass is 16.5. The van der Waals surface area contributed by atoms with Crippen LogP contribution in [0.1, 0.15) is 35.5 Å². The Hall–Kier alpha value is -3.54. The first-order valence-corrected chi connectivity index (χ1v) is 9.14. The summed E-state index contributed by atoms with van der Waals surface area (Å²) in [7, 11) is 1.64. The Labute approximate surface area is 162 Å². The molecule has 6 heteroatoms. The third-order valence-electron chi connectivity index (χ3n) is 5.12. The average Bonchev–Trinajstić information content (AvgIpc) is 3.19. The number of rotatable bonds is 3. The van der Waals surface area contributed by atoms with Gasteiger partial charge < -0.3 is 14.6 Å². The number of phenolic OH excluding ortho intramolecular Hbond substituents is 1. The van der Waals surface area contributed by atoms with Crippen molar-refractivity contribution in [1.29, 1.82) is 0 Å². The van der Waals surface area contributed by atoms with E-state index in [0.29, 0.717) is 12.2 Å². The molecule has 0 fully saturated rings. The molecule has 2 atom stereocenters. The van der Waals surface area contributed by atoms with Crippen molar-refractivity contribution >= 4 is 5.71 Å². The number of fused-ring (bicyclic) bond motifs is 3. The quantitative estimate of drug-likeness (QED) is 0.751. The molecule has 0 bridgehead atoms. The molecule has 6 nitrogen and oxygen atoms in total. The number of para-hydroxylation sites is 1. The van der Waals surface area contributed by atoms with E-state index in [1.165, 1.54) is 0 Å². The number of pyridine rings is 1. The predicted octanol–water partition coefficient (Wildman–Crippen LogP) is 4.04. The number of nitrogens with zero attached hydrogens (tertiary/aromatic N) is 3. The van der Waals surface area contributed by atoms with E-state index in [1.54, 1.807) is 25.4 Å². The van der Waals surface area contributed by atoms with Gasteiger partial charge in [-0.25, -0.2) is 5.01 Å². The molecule has 0 spiro atoms. The van der Waals surface area contributed by atoms with Gasteiger partial charge in [0.2, 0.25) is 6.23 Å². The molecule has 3 heterocycles. The van der Waals surface area contributed by atoms with Gasteiger partial charge >= 0.3 is 0 Å². The zero-order valence-electron chi connectivity index (χ0n) is 15.3. The maximum Gasteiger partial charge on any atom is 0.230 e. The second kappa shape index (κ2) is 6.56. The number of aromatic nitrogens is 1. The number of hydrogen-bond donors (Lipinski definition) is 1. The van der Waals surface area contributed by atoms with Crippen LogP contribution < -0.4 is 9.47 Å². The van der Waals surface area contributed by atoms with E-state index in [4.69, 9.17) is 14.6 Å². The number of ether oxygens (including phenoxy) is 2. The highest BCUT2D eigenvalue weighted by Gasteiger charge is 2.42. The topological polar surface area (TPSA) is 67.2 Å². The zero-order valence-corrected chi connectivity index (χ0v) is 15.3. The van der Waals surface area contributed by atoms with Crippen LogP contribution in [0.3, 0.4) is 0 Å². The first kappa shape index (κ1) is 16.6. The molecule has 0 unspecified atom stereocenters. The van der Waals surface area contributed by atoms with Gasteiger partial charge in [-0.2, -0.15) is 5.10 Å². The second-order valence-corrected chi connectivity index (χ2v) is 6.80. The van der Waals surface area contributed by atoms with Crippen molar-refractivity contribution in [1.82, 2.24) is 9.99 Å². The summed E-state index contributed by atoms with van der Waals surface area (Å²) >= 11 is 0. The van der Waals surface area contributed by atoms with Gasteiger partial charge in [-0.1, -0.05) is 30.3 Å². The van der Waals surface area contributed by atoms with Gasteiger partial charge in [0, 0.05) is 23.7 Å². The van der Waals surface area contributed by atoms with E-state index in [-0.39, 0.29) is 11.8 Å². The van der Waals surface area contributed by atoms with Crippen molar-refractivity contribution in [2.24, 2.45) is 5.10 Å². The highest BCUT2D eigenvalue weighted by Crippen LogP contribution is 2.50. The normalized spacial score (nSPS) is 20.0. The lowest BCUT2D eigenvalue weighted by Crippen LogP contribution is -2.34. The molecule has 0 radical (unpaired) electrons. The first-order valence-electron chi connectivity index (χ1n) is 9.14. The van der Waals surface area contributed by atoms with Crippen molar-refractivity contribution in [3.8, 4) is 17.2 Å². The summed E-state index contributed by atoms with van der Waals surface area (Å²) in [5.74, 6) is 1.66. The van der Waals surface area contributed by atoms with Gasteiger partial charge in [0.15, 0.2) is 11.5 Å². The Morgan fingerprint density at radius 1 is 1.11 bits per heavy atom. The average molecular weight is 373 g/mol. The molecular formula is C22H19N3O3. The Kier molecular flexibility index (Phi) is 3.90. The van der Waals surface area contributed by atoms with Crippen molar-refractivity contribution in [2.75, 3.05) is 7.11 Å². The van der Waals surface area contributed by atoms with Gasteiger partial charge in [0.05, 0.1) is 18.9 Å². The summed E-state index contributed by atoms with van der Waals surface area (Å²) in [5, 5.41) is 16.7. The van der Waals surface area contributed by atoms with E-state index in [1.807, 2.05) is 53.5 Å². The van der Waals surface area contributed by atoms with Crippen LogP contribution in [-0.4, -0.2) is 27.9 Å². The van der Waals surface area contributed by atoms with Gasteiger partial charge in [-0.05, 0) is 30.3 Å². The Bertz CT molecular complexity index is 1050. The van der Waals surface area contributed by atoms with E-state index in [0.717, 1.165) is 28.3 Å². The molecule has 2 aliphatic heterocycles. The summed E-state index contributed by atoms with van der Waals surface area (Å²) in [6.07, 6.45) is 2.00. The Morgan fingerprint density at radius 3 is 2.79 bits per heavy atom. The lowest BCUT2D eigenvalue weighted by atomic mass is 9.96. The van der Waals surface area contributed by atoms with E-state index in [9.17, 15) is 5.11 Å². The zero-order chi connectivity index (χ0) is 19.1. The van der Waals surface area contributed by atoms with Gasteiger partial charge in [-0.15, -0.1) is 0 Å². The molecule has 28 heavy (non-hydrogen) atoms. The Morgan fingerprint density at radius 2 is 2.00 bits per heavy atom. The molecule has 3 aromatic rings. The summed E-state index contributed by atoms with van der Waals surface area (Å²) in [4.78, 5) is 4.49. The van der Waals surface area contributed by atoms with Crippen LogP contribution in [0.5, 0.6) is 17.2 Å². The molecule has 0 saturated heterocycles. The summed E-state index contributed by atoms with van der Waals surface area (Å²) in [6, 6.07) is 18.8. The molecule has 0 aliphatic carbocycles. The fourth-order valence-corrected chi connectivity index (χ4v) is 3.82. The molecule has 1 aromatic heterocycles. The van der Waals surface area contributed by atoms with Gasteiger partial charge in [0.1, 0.15) is 11.4 Å². The fourth-order valence-electron chi connectivity index (χ4n) is 3.82. The third-order valence-corrected chi connectivity index (χ3v) is 5.12. The van der Waals surface area contributed by atoms with Gasteiger partial charge in [-0.3, -0.25) is 4.98 Å². The summed E-state index contributed by atoms with van der Waals surface area (Å²) in [6.45, 7) is 0. The second-order valence-electron chi connectivity index (χ2n) is 6.80. The minimum absolute atomic E-state index is 0.00297. The summed E-state index contributed by atoms with van der Waals surface area (Å²) in [5.41, 5.74) is 3.62. The van der Waals surface area contributed by atoms with Crippen LogP contribution in [0.4, 0.5) is 0 Å². The van der Waals surface area contributed by atoms with Crippen LogP contribution in [-0.2, 0) is 0 Å². The molecular weight excluding hydrogens is 354 g/mol. The minimum atomic E-state index is -0.454.